The standard InChI is InChI=1S/C21H30N2O2Si/c1-21(2,3)26(4,5)25-12-11-23-19(24)10-9-15-13-18-16(14-22)7-6-8-17(18)20(15)23/h6-8,15,20H,9-13H2,1-5H3. The maximum atomic E-state index is 12.7. The lowest BCUT2D eigenvalue weighted by molar-refractivity contribution is -0.139. The molecule has 1 fully saturated rings. The molecule has 2 atom stereocenters. The van der Waals surface area contributed by atoms with Crippen LogP contribution in [-0.2, 0) is 15.6 Å². The van der Waals surface area contributed by atoms with Crippen molar-refractivity contribution in [3.05, 3.63) is 34.9 Å². The zero-order chi connectivity index (χ0) is 19.1. The number of hydrogen-bond acceptors (Lipinski definition) is 3. The fraction of sp³-hybridized carbons (Fsp3) is 0.619. The van der Waals surface area contributed by atoms with Gasteiger partial charge in [0, 0.05) is 13.0 Å². The fourth-order valence-corrected chi connectivity index (χ4v) is 5.05. The highest BCUT2D eigenvalue weighted by Crippen LogP contribution is 2.46. The molecule has 0 saturated carbocycles. The van der Waals surface area contributed by atoms with Gasteiger partial charge in [0.15, 0.2) is 8.32 Å². The lowest BCUT2D eigenvalue weighted by Gasteiger charge is -2.40. The van der Waals surface area contributed by atoms with Crippen LogP contribution in [0.3, 0.4) is 0 Å². The molecule has 0 bridgehead atoms. The van der Waals surface area contributed by atoms with Crippen molar-refractivity contribution in [2.24, 2.45) is 5.92 Å². The second kappa shape index (κ2) is 6.83. The van der Waals surface area contributed by atoms with Gasteiger partial charge in [-0.1, -0.05) is 32.9 Å². The Bertz CT molecular complexity index is 745. The lowest BCUT2D eigenvalue weighted by Crippen LogP contribution is -2.46. The fourth-order valence-electron chi connectivity index (χ4n) is 4.01. The number of carbonyl (C=O) groups excluding carboxylic acids is 1. The van der Waals surface area contributed by atoms with Gasteiger partial charge >= 0.3 is 0 Å². The minimum Gasteiger partial charge on any atom is -0.415 e. The summed E-state index contributed by atoms with van der Waals surface area (Å²) in [4.78, 5) is 14.7. The Morgan fingerprint density at radius 3 is 2.73 bits per heavy atom. The van der Waals surface area contributed by atoms with E-state index in [1.807, 2.05) is 17.0 Å². The summed E-state index contributed by atoms with van der Waals surface area (Å²) in [5.74, 6) is 0.658. The van der Waals surface area contributed by atoms with Crippen LogP contribution in [0.4, 0.5) is 0 Å². The van der Waals surface area contributed by atoms with Crippen molar-refractivity contribution < 1.29 is 9.22 Å². The summed E-state index contributed by atoms with van der Waals surface area (Å²) in [5.41, 5.74) is 3.09. The molecule has 1 amide bonds. The molecule has 140 valence electrons. The third-order valence-electron chi connectivity index (χ3n) is 6.55. The molecular formula is C21H30N2O2Si. The van der Waals surface area contributed by atoms with Crippen LogP contribution in [0.1, 0.15) is 56.3 Å². The van der Waals surface area contributed by atoms with E-state index in [9.17, 15) is 10.1 Å². The third-order valence-corrected chi connectivity index (χ3v) is 11.1. The number of benzene rings is 1. The predicted molar refractivity (Wildman–Crippen MR) is 105 cm³/mol. The largest absolute Gasteiger partial charge is 0.415 e. The minimum absolute atomic E-state index is 0.113. The zero-order valence-corrected chi connectivity index (χ0v) is 17.6. The molecule has 4 nitrogen and oxygen atoms in total. The van der Waals surface area contributed by atoms with E-state index in [0.29, 0.717) is 25.5 Å². The number of rotatable bonds is 4. The van der Waals surface area contributed by atoms with E-state index in [-0.39, 0.29) is 17.0 Å². The number of amides is 1. The second-order valence-electron chi connectivity index (χ2n) is 9.13. The molecule has 1 aliphatic heterocycles. The third kappa shape index (κ3) is 3.33. The van der Waals surface area contributed by atoms with Crippen LogP contribution in [0.25, 0.3) is 0 Å². The van der Waals surface area contributed by atoms with Crippen molar-refractivity contribution >= 4 is 14.2 Å². The van der Waals surface area contributed by atoms with Crippen molar-refractivity contribution in [3.8, 4) is 6.07 Å². The van der Waals surface area contributed by atoms with Gasteiger partial charge in [-0.25, -0.2) is 0 Å². The van der Waals surface area contributed by atoms with Crippen LogP contribution in [0.5, 0.6) is 0 Å². The average molecular weight is 371 g/mol. The van der Waals surface area contributed by atoms with Crippen molar-refractivity contribution in [1.82, 2.24) is 4.90 Å². The molecule has 1 aliphatic carbocycles. The molecule has 0 N–H and O–H groups in total. The van der Waals surface area contributed by atoms with Gasteiger partial charge in [-0.3, -0.25) is 4.79 Å². The SMILES string of the molecule is CC(C)(C)[Si](C)(C)OCCN1C(=O)CCC2Cc3c(C#N)cccc3C21. The summed E-state index contributed by atoms with van der Waals surface area (Å²) in [5, 5.41) is 9.58. The van der Waals surface area contributed by atoms with Crippen molar-refractivity contribution in [3.63, 3.8) is 0 Å². The Morgan fingerprint density at radius 1 is 1.35 bits per heavy atom. The average Bonchev–Trinajstić information content (AvgIpc) is 2.94. The molecule has 5 heteroatoms. The summed E-state index contributed by atoms with van der Waals surface area (Å²) in [6.45, 7) is 12.4. The molecule has 3 rings (SSSR count). The molecule has 0 spiro atoms. The van der Waals surface area contributed by atoms with Crippen LogP contribution in [-0.4, -0.2) is 32.3 Å². The molecule has 2 aliphatic rings. The van der Waals surface area contributed by atoms with Gasteiger partial charge in [0.2, 0.25) is 5.91 Å². The van der Waals surface area contributed by atoms with Crippen molar-refractivity contribution in [2.75, 3.05) is 13.2 Å². The summed E-state index contributed by atoms with van der Waals surface area (Å²) < 4.78 is 6.32. The van der Waals surface area contributed by atoms with Crippen molar-refractivity contribution in [2.45, 2.75) is 64.2 Å². The molecule has 1 saturated heterocycles. The molecule has 2 unspecified atom stereocenters. The zero-order valence-electron chi connectivity index (χ0n) is 16.6. The molecule has 1 aromatic rings. The van der Waals surface area contributed by atoms with Crippen LogP contribution in [0, 0.1) is 17.2 Å². The normalized spacial score (nSPS) is 22.8. The Hall–Kier alpha value is -1.64. The Morgan fingerprint density at radius 2 is 2.08 bits per heavy atom. The van der Waals surface area contributed by atoms with Crippen LogP contribution in [0.2, 0.25) is 18.1 Å². The highest BCUT2D eigenvalue weighted by molar-refractivity contribution is 6.74. The van der Waals surface area contributed by atoms with Crippen LogP contribution >= 0.6 is 0 Å². The van der Waals surface area contributed by atoms with Gasteiger partial charge < -0.3 is 9.33 Å². The quantitative estimate of drug-likeness (QED) is 0.737. The second-order valence-corrected chi connectivity index (χ2v) is 13.9. The monoisotopic (exact) mass is 370 g/mol. The molecular weight excluding hydrogens is 340 g/mol. The van der Waals surface area contributed by atoms with E-state index in [0.717, 1.165) is 24.0 Å². The highest BCUT2D eigenvalue weighted by Gasteiger charge is 2.43. The van der Waals surface area contributed by atoms with E-state index in [1.54, 1.807) is 0 Å². The van der Waals surface area contributed by atoms with E-state index in [4.69, 9.17) is 4.43 Å². The number of likely N-dealkylation sites (tertiary alicyclic amines) is 1. The Labute approximate surface area is 158 Å². The number of carbonyl (C=O) groups is 1. The number of piperidine rings is 1. The number of hydrogen-bond donors (Lipinski definition) is 0. The van der Waals surface area contributed by atoms with E-state index < -0.39 is 8.32 Å². The first-order valence-corrected chi connectivity index (χ1v) is 12.5. The van der Waals surface area contributed by atoms with Crippen LogP contribution in [0.15, 0.2) is 18.2 Å². The van der Waals surface area contributed by atoms with E-state index in [2.05, 4.69) is 46.0 Å². The smallest absolute Gasteiger partial charge is 0.223 e. The summed E-state index contributed by atoms with van der Waals surface area (Å²) in [6.07, 6.45) is 2.44. The number of nitrogens with zero attached hydrogens (tertiary/aromatic N) is 2. The van der Waals surface area contributed by atoms with Gasteiger partial charge in [-0.15, -0.1) is 0 Å². The van der Waals surface area contributed by atoms with Gasteiger partial charge in [0.05, 0.1) is 24.3 Å². The topological polar surface area (TPSA) is 53.3 Å². The Balaban J connectivity index is 1.78. The summed E-state index contributed by atoms with van der Waals surface area (Å²) in [7, 11) is -1.81. The summed E-state index contributed by atoms with van der Waals surface area (Å²) >= 11 is 0. The van der Waals surface area contributed by atoms with Gasteiger partial charge in [-0.2, -0.15) is 5.26 Å². The first-order chi connectivity index (χ1) is 12.2. The molecule has 1 heterocycles. The maximum absolute atomic E-state index is 12.7. The first kappa shape index (κ1) is 19.1. The molecule has 0 radical (unpaired) electrons. The predicted octanol–water partition coefficient (Wildman–Crippen LogP) is 4.42. The number of fused-ring (bicyclic) bond motifs is 3. The van der Waals surface area contributed by atoms with Gasteiger partial charge in [0.1, 0.15) is 0 Å². The maximum Gasteiger partial charge on any atom is 0.223 e. The first-order valence-electron chi connectivity index (χ1n) is 9.61. The van der Waals surface area contributed by atoms with Crippen molar-refractivity contribution in [1.29, 1.82) is 5.26 Å². The van der Waals surface area contributed by atoms with Gasteiger partial charge in [0.25, 0.3) is 0 Å². The molecule has 1 aromatic carbocycles. The van der Waals surface area contributed by atoms with E-state index >= 15 is 0 Å². The van der Waals surface area contributed by atoms with Crippen LogP contribution < -0.4 is 0 Å². The summed E-state index contributed by atoms with van der Waals surface area (Å²) in [6, 6.07) is 8.37. The molecule has 26 heavy (non-hydrogen) atoms. The molecule has 0 aromatic heterocycles. The van der Waals surface area contributed by atoms with Gasteiger partial charge in [-0.05, 0) is 54.1 Å². The van der Waals surface area contributed by atoms with E-state index in [1.165, 1.54) is 5.56 Å². The number of nitriles is 1. The minimum atomic E-state index is -1.81. The highest BCUT2D eigenvalue weighted by atomic mass is 28.4. The lowest BCUT2D eigenvalue weighted by atomic mass is 9.89. The Kier molecular flexibility index (Phi) is 5.02.